The molecule has 1 unspecified atom stereocenters. The molecule has 2 N–H and O–H groups in total. The number of hydrogen-bond acceptors (Lipinski definition) is 4. The third kappa shape index (κ3) is 5.26. The fraction of sp³-hybridized carbons (Fsp3) is 0.100. The second kappa shape index (κ2) is 8.82. The molecule has 3 rings (SSSR count). The van der Waals surface area contributed by atoms with Gasteiger partial charge < -0.3 is 5.32 Å². The summed E-state index contributed by atoms with van der Waals surface area (Å²) < 4.78 is 27.7. The van der Waals surface area contributed by atoms with Gasteiger partial charge in [-0.3, -0.25) is 14.5 Å². The summed E-state index contributed by atoms with van der Waals surface area (Å²) in [7, 11) is -3.98. The van der Waals surface area contributed by atoms with Gasteiger partial charge in [0.25, 0.3) is 15.9 Å². The minimum Gasteiger partial charge on any atom is -0.345 e. The molecule has 1 atom stereocenters. The molecule has 0 radical (unpaired) electrons. The van der Waals surface area contributed by atoms with Gasteiger partial charge in [-0.05, 0) is 55.0 Å². The van der Waals surface area contributed by atoms with Crippen LogP contribution in [0.5, 0.6) is 0 Å². The minimum absolute atomic E-state index is 0.0427. The molecular formula is C20H17Cl2N3O3S. The van der Waals surface area contributed by atoms with Gasteiger partial charge in [-0.1, -0.05) is 35.3 Å². The average molecular weight is 450 g/mol. The second-order valence-electron chi connectivity index (χ2n) is 6.24. The maximum atomic E-state index is 12.7. The Labute approximate surface area is 178 Å². The van der Waals surface area contributed by atoms with Gasteiger partial charge in [0.1, 0.15) is 4.90 Å². The van der Waals surface area contributed by atoms with Crippen LogP contribution in [-0.2, 0) is 10.0 Å². The molecule has 0 bridgehead atoms. The lowest BCUT2D eigenvalue weighted by Gasteiger charge is -2.15. The molecule has 1 heterocycles. The highest BCUT2D eigenvalue weighted by atomic mass is 35.5. The van der Waals surface area contributed by atoms with Crippen molar-refractivity contribution >= 4 is 44.8 Å². The molecule has 9 heteroatoms. The van der Waals surface area contributed by atoms with Gasteiger partial charge in [0, 0.05) is 28.7 Å². The molecule has 0 fully saturated rings. The van der Waals surface area contributed by atoms with Gasteiger partial charge in [0.15, 0.2) is 0 Å². The molecule has 0 aliphatic rings. The van der Waals surface area contributed by atoms with Gasteiger partial charge in [-0.2, -0.15) is 0 Å². The van der Waals surface area contributed by atoms with Gasteiger partial charge >= 0.3 is 0 Å². The zero-order valence-electron chi connectivity index (χ0n) is 15.3. The van der Waals surface area contributed by atoms with Crippen molar-refractivity contribution in [1.29, 1.82) is 0 Å². The molecule has 1 aromatic heterocycles. The lowest BCUT2D eigenvalue weighted by Crippen LogP contribution is -2.26. The molecule has 1 amide bonds. The number of rotatable bonds is 6. The Hall–Kier alpha value is -2.61. The summed E-state index contributed by atoms with van der Waals surface area (Å²) in [6, 6.07) is 13.7. The van der Waals surface area contributed by atoms with E-state index in [2.05, 4.69) is 15.0 Å². The third-order valence-electron chi connectivity index (χ3n) is 4.09. The molecule has 0 saturated heterocycles. The number of pyridine rings is 1. The lowest BCUT2D eigenvalue weighted by molar-refractivity contribution is 0.0940. The summed E-state index contributed by atoms with van der Waals surface area (Å²) in [5.74, 6) is -0.344. The summed E-state index contributed by atoms with van der Waals surface area (Å²) >= 11 is 11.9. The Bertz CT molecular complexity index is 1140. The first kappa shape index (κ1) is 21.1. The average Bonchev–Trinajstić information content (AvgIpc) is 2.70. The topological polar surface area (TPSA) is 88.2 Å². The van der Waals surface area contributed by atoms with Crippen molar-refractivity contribution in [3.8, 4) is 0 Å². The number of carbonyl (C=O) groups is 1. The summed E-state index contributed by atoms with van der Waals surface area (Å²) in [5.41, 5.74) is 1.38. The summed E-state index contributed by atoms with van der Waals surface area (Å²) in [4.78, 5) is 16.5. The van der Waals surface area contributed by atoms with Crippen LogP contribution in [0.3, 0.4) is 0 Å². The number of anilines is 1. The van der Waals surface area contributed by atoms with E-state index in [0.29, 0.717) is 5.56 Å². The first-order chi connectivity index (χ1) is 13.8. The predicted octanol–water partition coefficient (Wildman–Crippen LogP) is 4.68. The van der Waals surface area contributed by atoms with Gasteiger partial charge in [0.05, 0.1) is 11.1 Å². The first-order valence-corrected chi connectivity index (χ1v) is 10.8. The number of sulfonamides is 1. The van der Waals surface area contributed by atoms with E-state index in [4.69, 9.17) is 23.2 Å². The van der Waals surface area contributed by atoms with E-state index in [9.17, 15) is 13.2 Å². The highest BCUT2D eigenvalue weighted by Crippen LogP contribution is 2.27. The molecule has 0 saturated carbocycles. The van der Waals surface area contributed by atoms with Gasteiger partial charge in [0.2, 0.25) is 0 Å². The minimum atomic E-state index is -3.98. The standard InChI is InChI=1S/C20H17Cl2N3O3S/c1-13(15-5-3-9-23-12-15)24-20(26)14-4-2-6-17(10-14)25-29(27,28)19-11-16(21)7-8-18(19)22/h2-13,25H,1H3,(H,24,26). The number of aromatic nitrogens is 1. The van der Waals surface area contributed by atoms with Crippen LogP contribution in [0, 0.1) is 0 Å². The molecule has 0 aliphatic carbocycles. The van der Waals surface area contributed by atoms with Crippen molar-refractivity contribution in [1.82, 2.24) is 10.3 Å². The van der Waals surface area contributed by atoms with Crippen LogP contribution in [0.2, 0.25) is 10.0 Å². The lowest BCUT2D eigenvalue weighted by atomic mass is 10.1. The van der Waals surface area contributed by atoms with Crippen molar-refractivity contribution in [3.63, 3.8) is 0 Å². The normalized spacial score (nSPS) is 12.2. The molecule has 150 valence electrons. The summed E-state index contributed by atoms with van der Waals surface area (Å²) in [5, 5.41) is 3.14. The predicted molar refractivity (Wildman–Crippen MR) is 114 cm³/mol. The van der Waals surface area contributed by atoms with Crippen LogP contribution in [0.15, 0.2) is 71.9 Å². The van der Waals surface area contributed by atoms with Crippen LogP contribution in [0.1, 0.15) is 28.9 Å². The molecular weight excluding hydrogens is 433 g/mol. The van der Waals surface area contributed by atoms with Gasteiger partial charge in [-0.25, -0.2) is 8.42 Å². The largest absolute Gasteiger partial charge is 0.345 e. The van der Waals surface area contributed by atoms with Crippen LogP contribution >= 0.6 is 23.2 Å². The number of benzene rings is 2. The Morgan fingerprint density at radius 1 is 1.07 bits per heavy atom. The van der Waals surface area contributed by atoms with Crippen molar-refractivity contribution in [2.24, 2.45) is 0 Å². The smallest absolute Gasteiger partial charge is 0.263 e. The first-order valence-electron chi connectivity index (χ1n) is 8.55. The Morgan fingerprint density at radius 2 is 1.86 bits per heavy atom. The fourth-order valence-corrected chi connectivity index (χ4v) is 4.43. The highest BCUT2D eigenvalue weighted by Gasteiger charge is 2.19. The number of hydrogen-bond donors (Lipinski definition) is 2. The number of amides is 1. The third-order valence-corrected chi connectivity index (χ3v) is 6.19. The highest BCUT2D eigenvalue weighted by molar-refractivity contribution is 7.92. The molecule has 6 nitrogen and oxygen atoms in total. The number of nitrogens with one attached hydrogen (secondary N) is 2. The summed E-state index contributed by atoms with van der Waals surface area (Å²) in [6.45, 7) is 1.84. The molecule has 2 aromatic carbocycles. The number of halogens is 2. The van der Waals surface area contributed by atoms with Gasteiger partial charge in [-0.15, -0.1) is 0 Å². The zero-order chi connectivity index (χ0) is 21.0. The maximum Gasteiger partial charge on any atom is 0.263 e. The van der Waals surface area contributed by atoms with Crippen LogP contribution in [0.25, 0.3) is 0 Å². The Morgan fingerprint density at radius 3 is 2.59 bits per heavy atom. The van der Waals surface area contributed by atoms with Crippen molar-refractivity contribution in [2.75, 3.05) is 4.72 Å². The van der Waals surface area contributed by atoms with E-state index in [-0.39, 0.29) is 32.6 Å². The van der Waals surface area contributed by atoms with Crippen molar-refractivity contribution < 1.29 is 13.2 Å². The molecule has 3 aromatic rings. The van der Waals surface area contributed by atoms with Crippen LogP contribution < -0.4 is 10.0 Å². The fourth-order valence-electron chi connectivity index (χ4n) is 2.61. The van der Waals surface area contributed by atoms with E-state index in [0.717, 1.165) is 5.56 Å². The second-order valence-corrected chi connectivity index (χ2v) is 8.74. The van der Waals surface area contributed by atoms with E-state index in [1.165, 1.54) is 30.3 Å². The van der Waals surface area contributed by atoms with Crippen molar-refractivity contribution in [2.45, 2.75) is 17.9 Å². The summed E-state index contributed by atoms with van der Waals surface area (Å²) in [6.07, 6.45) is 3.32. The quantitative estimate of drug-likeness (QED) is 0.571. The Balaban J connectivity index is 1.79. The van der Waals surface area contributed by atoms with E-state index >= 15 is 0 Å². The molecule has 29 heavy (non-hydrogen) atoms. The Kier molecular flexibility index (Phi) is 6.42. The van der Waals surface area contributed by atoms with Crippen LogP contribution in [-0.4, -0.2) is 19.3 Å². The molecule has 0 spiro atoms. The van der Waals surface area contributed by atoms with E-state index in [1.54, 1.807) is 30.6 Å². The van der Waals surface area contributed by atoms with Crippen LogP contribution in [0.4, 0.5) is 5.69 Å². The van der Waals surface area contributed by atoms with E-state index < -0.39 is 10.0 Å². The zero-order valence-corrected chi connectivity index (χ0v) is 17.6. The number of nitrogens with zero attached hydrogens (tertiary/aromatic N) is 1. The monoisotopic (exact) mass is 449 g/mol. The van der Waals surface area contributed by atoms with E-state index in [1.807, 2.05) is 13.0 Å². The maximum absolute atomic E-state index is 12.7. The van der Waals surface area contributed by atoms with Crippen molar-refractivity contribution in [3.05, 3.63) is 88.2 Å². The SMILES string of the molecule is CC(NC(=O)c1cccc(NS(=O)(=O)c2cc(Cl)ccc2Cl)c1)c1cccnc1. The number of carbonyl (C=O) groups excluding carboxylic acids is 1. The molecule has 0 aliphatic heterocycles.